The summed E-state index contributed by atoms with van der Waals surface area (Å²) in [6, 6.07) is 0. The number of morpholine rings is 1. The lowest BCUT2D eigenvalue weighted by atomic mass is 10.2. The lowest BCUT2D eigenvalue weighted by molar-refractivity contribution is -0.204. The SMILES string of the molecule is CC(F)(F)C(F)(F)CF.O=S(=O)(F)N1CCOCC1. The molecule has 19 heavy (non-hydrogen) atoms. The van der Waals surface area contributed by atoms with E-state index in [0.29, 0.717) is 0 Å². The van der Waals surface area contributed by atoms with Gasteiger partial charge in [0.1, 0.15) is 0 Å². The maximum Gasteiger partial charge on any atom is 0.374 e. The molecule has 0 spiro atoms. The molecule has 0 aromatic carbocycles. The van der Waals surface area contributed by atoms with Gasteiger partial charge in [-0.25, -0.2) is 13.2 Å². The molecule has 0 aliphatic carbocycles. The largest absolute Gasteiger partial charge is 0.379 e. The first-order chi connectivity index (χ1) is 8.42. The average Bonchev–Trinajstić information content (AvgIpc) is 2.28. The van der Waals surface area contributed by atoms with Crippen LogP contribution in [0.5, 0.6) is 0 Å². The van der Waals surface area contributed by atoms with E-state index in [9.17, 15) is 34.3 Å². The van der Waals surface area contributed by atoms with Crippen LogP contribution in [0, 0.1) is 0 Å². The van der Waals surface area contributed by atoms with Crippen molar-refractivity contribution in [3.8, 4) is 0 Å². The molecule has 116 valence electrons. The van der Waals surface area contributed by atoms with Gasteiger partial charge in [-0.1, -0.05) is 3.89 Å². The third-order valence-electron chi connectivity index (χ3n) is 2.09. The van der Waals surface area contributed by atoms with Crippen LogP contribution < -0.4 is 0 Å². The van der Waals surface area contributed by atoms with E-state index >= 15 is 0 Å². The van der Waals surface area contributed by atoms with E-state index in [2.05, 4.69) is 0 Å². The summed E-state index contributed by atoms with van der Waals surface area (Å²) in [5.74, 6) is -8.78. The van der Waals surface area contributed by atoms with E-state index in [0.717, 1.165) is 4.31 Å². The number of ether oxygens (including phenoxy) is 1. The van der Waals surface area contributed by atoms with E-state index < -0.39 is 28.9 Å². The van der Waals surface area contributed by atoms with Crippen LogP contribution in [0.3, 0.4) is 0 Å². The van der Waals surface area contributed by atoms with Crippen molar-refractivity contribution in [2.24, 2.45) is 0 Å². The Hall–Kier alpha value is -0.550. The standard InChI is InChI=1S/C4H5F5.C4H8FNO3S/c1-3(6,7)4(8,9)2-5;5-10(7,8)6-1-3-9-4-2-6/h2H2,1H3;1-4H2. The fraction of sp³-hybridized carbons (Fsp3) is 1.00. The van der Waals surface area contributed by atoms with Gasteiger partial charge in [-0.15, -0.1) is 0 Å². The van der Waals surface area contributed by atoms with Crippen LogP contribution >= 0.6 is 0 Å². The highest BCUT2D eigenvalue weighted by Crippen LogP contribution is 2.33. The Morgan fingerprint density at radius 3 is 1.74 bits per heavy atom. The fourth-order valence-corrected chi connectivity index (χ4v) is 1.47. The molecule has 11 heteroatoms. The van der Waals surface area contributed by atoms with Crippen LogP contribution in [0.2, 0.25) is 0 Å². The minimum absolute atomic E-state index is 0.0213. The Morgan fingerprint density at radius 2 is 1.58 bits per heavy atom. The van der Waals surface area contributed by atoms with E-state index in [4.69, 9.17) is 4.74 Å². The number of rotatable bonds is 3. The quantitative estimate of drug-likeness (QED) is 0.589. The van der Waals surface area contributed by atoms with Crippen LogP contribution in [0.1, 0.15) is 6.92 Å². The lowest BCUT2D eigenvalue weighted by Gasteiger charge is -2.21. The zero-order valence-corrected chi connectivity index (χ0v) is 10.7. The molecule has 0 aromatic heterocycles. The van der Waals surface area contributed by atoms with Gasteiger partial charge >= 0.3 is 22.3 Å². The fourth-order valence-electron chi connectivity index (χ4n) is 0.882. The number of hydrogen-bond donors (Lipinski definition) is 0. The van der Waals surface area contributed by atoms with Crippen LogP contribution in [0.4, 0.5) is 25.8 Å². The zero-order chi connectivity index (χ0) is 15.3. The van der Waals surface area contributed by atoms with Crippen molar-refractivity contribution in [3.05, 3.63) is 0 Å². The Balaban J connectivity index is 0.000000344. The monoisotopic (exact) mass is 317 g/mol. The Bertz CT molecular complexity index is 363. The van der Waals surface area contributed by atoms with Crippen molar-refractivity contribution in [2.45, 2.75) is 18.8 Å². The Morgan fingerprint density at radius 1 is 1.16 bits per heavy atom. The molecular formula is C8H13F6NO3S. The van der Waals surface area contributed by atoms with Crippen molar-refractivity contribution in [3.63, 3.8) is 0 Å². The molecule has 0 N–H and O–H groups in total. The first kappa shape index (κ1) is 18.4. The van der Waals surface area contributed by atoms with Gasteiger partial charge in [0.2, 0.25) is 0 Å². The van der Waals surface area contributed by atoms with Gasteiger partial charge < -0.3 is 4.74 Å². The van der Waals surface area contributed by atoms with Gasteiger partial charge in [0.15, 0.2) is 6.67 Å². The zero-order valence-electron chi connectivity index (χ0n) is 9.88. The number of halogens is 6. The second kappa shape index (κ2) is 6.75. The van der Waals surface area contributed by atoms with Crippen LogP contribution in [0.15, 0.2) is 0 Å². The lowest BCUT2D eigenvalue weighted by Crippen LogP contribution is -2.39. The molecule has 1 aliphatic heterocycles. The topological polar surface area (TPSA) is 46.6 Å². The van der Waals surface area contributed by atoms with E-state index in [1.165, 1.54) is 0 Å². The molecule has 1 heterocycles. The van der Waals surface area contributed by atoms with E-state index in [1.807, 2.05) is 0 Å². The van der Waals surface area contributed by atoms with Gasteiger partial charge in [-0.2, -0.15) is 21.5 Å². The smallest absolute Gasteiger partial charge is 0.374 e. The predicted octanol–water partition coefficient (Wildman–Crippen LogP) is 1.78. The van der Waals surface area contributed by atoms with Crippen molar-refractivity contribution in [1.29, 1.82) is 0 Å². The van der Waals surface area contributed by atoms with Gasteiger partial charge in [0.25, 0.3) is 0 Å². The number of alkyl halides is 5. The van der Waals surface area contributed by atoms with Gasteiger partial charge in [0, 0.05) is 20.0 Å². The summed E-state index contributed by atoms with van der Waals surface area (Å²) >= 11 is 0. The molecule has 1 fully saturated rings. The highest BCUT2D eigenvalue weighted by Gasteiger charge is 2.52. The van der Waals surface area contributed by atoms with Crippen molar-refractivity contribution in [1.82, 2.24) is 4.31 Å². The summed E-state index contributed by atoms with van der Waals surface area (Å²) in [6.07, 6.45) is 0. The summed E-state index contributed by atoms with van der Waals surface area (Å²) in [4.78, 5) is 0. The minimum atomic E-state index is -4.52. The Kier molecular flexibility index (Phi) is 6.55. The summed E-state index contributed by atoms with van der Waals surface area (Å²) in [7, 11) is -4.47. The predicted molar refractivity (Wildman–Crippen MR) is 54.0 cm³/mol. The molecule has 0 radical (unpaired) electrons. The minimum Gasteiger partial charge on any atom is -0.379 e. The second-order valence-electron chi connectivity index (χ2n) is 3.68. The van der Waals surface area contributed by atoms with Gasteiger partial charge in [-0.3, -0.25) is 0 Å². The molecule has 1 aliphatic rings. The summed E-state index contributed by atoms with van der Waals surface area (Å²) in [6.45, 7) is -1.53. The maximum atomic E-state index is 12.1. The molecule has 0 atom stereocenters. The van der Waals surface area contributed by atoms with Crippen molar-refractivity contribution >= 4 is 10.4 Å². The first-order valence-electron chi connectivity index (χ1n) is 5.01. The van der Waals surface area contributed by atoms with E-state index in [1.54, 1.807) is 0 Å². The molecule has 4 nitrogen and oxygen atoms in total. The molecule has 0 unspecified atom stereocenters. The average molecular weight is 317 g/mol. The Labute approximate surface area is 106 Å². The number of nitrogens with zero attached hydrogens (tertiary/aromatic N) is 1. The maximum absolute atomic E-state index is 12.1. The van der Waals surface area contributed by atoms with Gasteiger partial charge in [-0.05, 0) is 0 Å². The summed E-state index contributed by atoms with van der Waals surface area (Å²) in [5.41, 5.74) is 0. The highest BCUT2D eigenvalue weighted by atomic mass is 32.3. The molecule has 1 saturated heterocycles. The molecule has 0 bridgehead atoms. The molecular weight excluding hydrogens is 304 g/mol. The second-order valence-corrected chi connectivity index (χ2v) is 5.02. The number of hydrogen-bond acceptors (Lipinski definition) is 3. The molecule has 0 amide bonds. The van der Waals surface area contributed by atoms with Crippen LogP contribution in [-0.2, 0) is 15.1 Å². The van der Waals surface area contributed by atoms with E-state index in [-0.39, 0.29) is 33.2 Å². The van der Waals surface area contributed by atoms with Crippen molar-refractivity contribution < 1.29 is 39.0 Å². The molecule has 0 aromatic rings. The van der Waals surface area contributed by atoms with Crippen LogP contribution in [-0.4, -0.2) is 57.5 Å². The molecule has 1 rings (SSSR count). The summed E-state index contributed by atoms with van der Waals surface area (Å²) < 4.78 is 95.2. The normalized spacial score (nSPS) is 18.7. The third kappa shape index (κ3) is 6.43. The highest BCUT2D eigenvalue weighted by molar-refractivity contribution is 7.83. The van der Waals surface area contributed by atoms with Crippen molar-refractivity contribution in [2.75, 3.05) is 33.0 Å². The molecule has 0 saturated carbocycles. The first-order valence-corrected chi connectivity index (χ1v) is 6.35. The summed E-state index contributed by atoms with van der Waals surface area (Å²) in [5, 5.41) is 0. The van der Waals surface area contributed by atoms with Gasteiger partial charge in [0.05, 0.1) is 13.2 Å². The van der Waals surface area contributed by atoms with Crippen LogP contribution in [0.25, 0.3) is 0 Å². The third-order valence-corrected chi connectivity index (χ3v) is 3.07.